The van der Waals surface area contributed by atoms with Gasteiger partial charge in [-0.15, -0.1) is 0 Å². The molecule has 0 amide bonds. The smallest absolute Gasteiger partial charge is 1.00 e. The van der Waals surface area contributed by atoms with E-state index in [4.69, 9.17) is 0 Å². The van der Waals surface area contributed by atoms with Gasteiger partial charge in [0.2, 0.25) is 0 Å². The minimum Gasteiger partial charge on any atom is -1.00 e. The Morgan fingerprint density at radius 2 is 1.27 bits per heavy atom. The molecule has 2 aromatic carbocycles. The quantitative estimate of drug-likeness (QED) is 0.478. The van der Waals surface area contributed by atoms with E-state index in [9.17, 15) is 0 Å². The molecule has 0 aromatic heterocycles. The van der Waals surface area contributed by atoms with E-state index in [1.54, 1.807) is 0 Å². The second kappa shape index (κ2) is 8.77. The van der Waals surface area contributed by atoms with Crippen molar-refractivity contribution >= 4 is 3.87 Å². The predicted molar refractivity (Wildman–Crippen MR) is 100 cm³/mol. The number of nitrogens with one attached hydrogen (secondary N) is 2. The van der Waals surface area contributed by atoms with Crippen molar-refractivity contribution in [2.24, 2.45) is 0 Å². The Balaban J connectivity index is 0.00000169. The molecule has 26 heavy (non-hydrogen) atoms. The third-order valence-corrected chi connectivity index (χ3v) is 8.82. The number of hydrogen-bond donors (Lipinski definition) is 2. The average molecular weight is 428 g/mol. The Morgan fingerprint density at radius 3 is 1.85 bits per heavy atom. The molecule has 0 saturated carbocycles. The van der Waals surface area contributed by atoms with Crippen molar-refractivity contribution in [2.75, 3.05) is 0 Å². The van der Waals surface area contributed by atoms with Gasteiger partial charge in [0.1, 0.15) is 0 Å². The van der Waals surface area contributed by atoms with Crippen molar-refractivity contribution in [1.29, 1.82) is 0 Å². The molecule has 0 atom stereocenters. The predicted octanol–water partition coefficient (Wildman–Crippen LogP) is -1.88. The standard InChI is InChI=1S/C13H9.2C4H10N.2ClH.Ti/c1-3-7-12-10(5-1)9-11-6-2-4-8-13(11)12;2*1-4(2,3)5;;;/h1-5,7-8H,9H2;2*5H,1-3H3;2*1H;/q;2*-1;;;+4/p-2. The summed E-state index contributed by atoms with van der Waals surface area (Å²) in [6.45, 7) is 13.6. The minimum absolute atomic E-state index is 0. The monoisotopic (exact) mass is 427 g/mol. The summed E-state index contributed by atoms with van der Waals surface area (Å²) in [6.07, 6.45) is 1.07. The van der Waals surface area contributed by atoms with E-state index in [1.807, 2.05) is 0 Å². The number of fused-ring (bicyclic) bond motifs is 3. The zero-order chi connectivity index (χ0) is 17.5. The average Bonchev–Trinajstić information content (AvgIpc) is 2.82. The first-order valence-corrected chi connectivity index (χ1v) is 11.1. The molecular formula is C21H29Cl2N2Ti. The molecule has 5 heteroatoms. The first-order valence-electron chi connectivity index (χ1n) is 8.78. The Bertz CT molecular complexity index is 732. The van der Waals surface area contributed by atoms with Gasteiger partial charge in [0.25, 0.3) is 0 Å². The third-order valence-electron chi connectivity index (χ3n) is 4.12. The molecule has 0 unspecified atom stereocenters. The SMILES string of the molecule is CC(C)(C)[NH][Ti+2]([NH]C(C)(C)C)[c]1cccc2c1Cc1ccccc1-2.[Cl-].[Cl-]. The molecule has 141 valence electrons. The van der Waals surface area contributed by atoms with Crippen molar-refractivity contribution in [3.8, 4) is 11.1 Å². The molecule has 0 radical (unpaired) electrons. The van der Waals surface area contributed by atoms with Crippen LogP contribution in [0.1, 0.15) is 52.7 Å². The van der Waals surface area contributed by atoms with E-state index < -0.39 is 18.4 Å². The van der Waals surface area contributed by atoms with Crippen LogP contribution in [0.4, 0.5) is 0 Å². The van der Waals surface area contributed by atoms with Crippen LogP contribution in [-0.2, 0) is 24.8 Å². The molecule has 1 aliphatic carbocycles. The maximum Gasteiger partial charge on any atom is -1.00 e. The number of benzene rings is 2. The van der Waals surface area contributed by atoms with Crippen LogP contribution < -0.4 is 36.3 Å². The van der Waals surface area contributed by atoms with Gasteiger partial charge in [-0.05, 0) is 0 Å². The fourth-order valence-corrected chi connectivity index (χ4v) is 7.40. The molecule has 2 nitrogen and oxygen atoms in total. The van der Waals surface area contributed by atoms with Crippen LogP contribution in [0.25, 0.3) is 11.1 Å². The molecule has 3 rings (SSSR count). The fraction of sp³-hybridized carbons (Fsp3) is 0.429. The summed E-state index contributed by atoms with van der Waals surface area (Å²) in [5, 5.41) is 0. The van der Waals surface area contributed by atoms with Crippen LogP contribution in [0.5, 0.6) is 0 Å². The van der Waals surface area contributed by atoms with E-state index in [1.165, 1.54) is 26.1 Å². The largest absolute Gasteiger partial charge is 1.00 e. The molecule has 0 heterocycles. The maximum atomic E-state index is 3.94. The normalized spacial score (nSPS) is 12.5. The summed E-state index contributed by atoms with van der Waals surface area (Å²) in [4.78, 5) is 0. The first-order chi connectivity index (χ1) is 11.1. The minimum atomic E-state index is -1.85. The number of halogens is 2. The van der Waals surface area contributed by atoms with Gasteiger partial charge in [0, 0.05) is 0 Å². The molecule has 2 aromatic rings. The van der Waals surface area contributed by atoms with Crippen molar-refractivity contribution in [1.82, 2.24) is 7.60 Å². The second-order valence-corrected chi connectivity index (χ2v) is 11.6. The van der Waals surface area contributed by atoms with Gasteiger partial charge >= 0.3 is 154 Å². The van der Waals surface area contributed by atoms with Gasteiger partial charge in [0.05, 0.1) is 0 Å². The molecule has 0 spiro atoms. The topological polar surface area (TPSA) is 24.1 Å². The molecule has 0 fully saturated rings. The van der Waals surface area contributed by atoms with Crippen molar-refractivity contribution in [3.05, 3.63) is 53.6 Å². The Morgan fingerprint density at radius 1 is 0.731 bits per heavy atom. The van der Waals surface area contributed by atoms with Crippen molar-refractivity contribution < 1.29 is 43.2 Å². The zero-order valence-electron chi connectivity index (χ0n) is 16.5. The first kappa shape index (κ1) is 23.7. The van der Waals surface area contributed by atoms with Crippen LogP contribution in [0.3, 0.4) is 0 Å². The molecule has 1 aliphatic rings. The molecule has 2 N–H and O–H groups in total. The van der Waals surface area contributed by atoms with Crippen molar-refractivity contribution in [2.45, 2.75) is 59.0 Å². The number of rotatable bonds is 3. The number of hydrogen-bond acceptors (Lipinski definition) is 2. The van der Waals surface area contributed by atoms with E-state index in [0.717, 1.165) is 6.42 Å². The molecular weight excluding hydrogens is 399 g/mol. The Labute approximate surface area is 177 Å². The van der Waals surface area contributed by atoms with E-state index in [0.29, 0.717) is 0 Å². The van der Waals surface area contributed by atoms with E-state index in [-0.39, 0.29) is 35.9 Å². The van der Waals surface area contributed by atoms with Crippen LogP contribution >= 0.6 is 0 Å². The summed E-state index contributed by atoms with van der Waals surface area (Å²) >= 11 is -1.85. The summed E-state index contributed by atoms with van der Waals surface area (Å²) in [5.74, 6) is 0. The van der Waals surface area contributed by atoms with Crippen LogP contribution in [0.2, 0.25) is 0 Å². The van der Waals surface area contributed by atoms with Gasteiger partial charge in [-0.3, -0.25) is 0 Å². The summed E-state index contributed by atoms with van der Waals surface area (Å²) in [6, 6.07) is 15.7. The molecule has 0 bridgehead atoms. The van der Waals surface area contributed by atoms with Crippen molar-refractivity contribution in [3.63, 3.8) is 0 Å². The van der Waals surface area contributed by atoms with Gasteiger partial charge in [-0.2, -0.15) is 0 Å². The van der Waals surface area contributed by atoms with E-state index >= 15 is 0 Å². The van der Waals surface area contributed by atoms with Crippen LogP contribution in [0.15, 0.2) is 42.5 Å². The molecule has 0 aliphatic heterocycles. The maximum absolute atomic E-state index is 3.94. The second-order valence-electron chi connectivity index (χ2n) is 8.79. The Hall–Kier alpha value is -0.346. The van der Waals surface area contributed by atoms with Gasteiger partial charge in [-0.1, -0.05) is 0 Å². The van der Waals surface area contributed by atoms with Gasteiger partial charge in [-0.25, -0.2) is 0 Å². The van der Waals surface area contributed by atoms with Crippen LogP contribution in [0, 0.1) is 0 Å². The van der Waals surface area contributed by atoms with Crippen LogP contribution in [-0.4, -0.2) is 11.1 Å². The summed E-state index contributed by atoms with van der Waals surface area (Å²) < 4.78 is 9.42. The van der Waals surface area contributed by atoms with Gasteiger partial charge in [0.15, 0.2) is 0 Å². The van der Waals surface area contributed by atoms with E-state index in [2.05, 4.69) is 91.6 Å². The zero-order valence-corrected chi connectivity index (χ0v) is 19.6. The van der Waals surface area contributed by atoms with Gasteiger partial charge < -0.3 is 24.8 Å². The summed E-state index contributed by atoms with van der Waals surface area (Å²) in [7, 11) is 0. The Kier molecular flexibility index (Phi) is 7.99. The third kappa shape index (κ3) is 5.58. The molecule has 0 saturated heterocycles. The summed E-state index contributed by atoms with van der Waals surface area (Å²) in [5.41, 5.74) is 6.06. The fourth-order valence-electron chi connectivity index (χ4n) is 3.31.